The zero-order valence-corrected chi connectivity index (χ0v) is 12.5. The van der Waals surface area contributed by atoms with Crippen molar-refractivity contribution in [1.29, 1.82) is 0 Å². The second-order valence-corrected chi connectivity index (χ2v) is 4.81. The minimum absolute atomic E-state index is 0.0624. The van der Waals surface area contributed by atoms with Gasteiger partial charge in [0.25, 0.3) is 0 Å². The number of hydrogen-bond donors (Lipinski definition) is 1. The van der Waals surface area contributed by atoms with Crippen molar-refractivity contribution in [2.75, 3.05) is 6.61 Å². The largest absolute Gasteiger partial charge is 0.490 e. The predicted molar refractivity (Wildman–Crippen MR) is 86.4 cm³/mol. The molecule has 5 heteroatoms. The van der Waals surface area contributed by atoms with Crippen LogP contribution in [0.15, 0.2) is 54.6 Å². The van der Waals surface area contributed by atoms with Gasteiger partial charge in [-0.3, -0.25) is 0 Å². The fourth-order valence-corrected chi connectivity index (χ4v) is 2.27. The molecule has 1 N–H and O–H groups in total. The maximum absolute atomic E-state index is 11.3. The third kappa shape index (κ3) is 3.08. The number of pyridine rings is 1. The number of aromatic nitrogens is 1. The molecule has 0 spiro atoms. The van der Waals surface area contributed by atoms with Crippen LogP contribution in [0.3, 0.4) is 0 Å². The highest BCUT2D eigenvalue weighted by atomic mass is 16.5. The standard InChI is InChI=1S/C18H15NO4/c1-2-22-15-9-5-6-10-16(15)23-17-11-14(18(20)21)19-13-8-4-3-7-12(13)17/h3-11H,2H2,1H3,(H,20,21). The van der Waals surface area contributed by atoms with Gasteiger partial charge in [0.2, 0.25) is 0 Å². The molecule has 2 aromatic carbocycles. The molecule has 0 saturated heterocycles. The molecule has 0 saturated carbocycles. The van der Waals surface area contributed by atoms with Crippen LogP contribution in [-0.2, 0) is 0 Å². The van der Waals surface area contributed by atoms with Crippen LogP contribution >= 0.6 is 0 Å². The van der Waals surface area contributed by atoms with Gasteiger partial charge in [0, 0.05) is 11.5 Å². The molecule has 0 aliphatic heterocycles. The number of hydrogen-bond acceptors (Lipinski definition) is 4. The highest BCUT2D eigenvalue weighted by Crippen LogP contribution is 2.35. The summed E-state index contributed by atoms with van der Waals surface area (Å²) in [7, 11) is 0. The van der Waals surface area contributed by atoms with Crippen LogP contribution in [0.4, 0.5) is 0 Å². The van der Waals surface area contributed by atoms with E-state index < -0.39 is 5.97 Å². The van der Waals surface area contributed by atoms with Crippen LogP contribution < -0.4 is 9.47 Å². The summed E-state index contributed by atoms with van der Waals surface area (Å²) in [5.74, 6) is 0.466. The van der Waals surface area contributed by atoms with Gasteiger partial charge in [0.1, 0.15) is 5.75 Å². The molecular formula is C18H15NO4. The average Bonchev–Trinajstić information content (AvgIpc) is 2.56. The molecule has 5 nitrogen and oxygen atoms in total. The van der Waals surface area contributed by atoms with Crippen LogP contribution in [0.2, 0.25) is 0 Å². The smallest absolute Gasteiger partial charge is 0.354 e. The molecule has 0 fully saturated rings. The summed E-state index contributed by atoms with van der Waals surface area (Å²) in [6.45, 7) is 2.40. The summed E-state index contributed by atoms with van der Waals surface area (Å²) in [6, 6.07) is 15.9. The number of carbonyl (C=O) groups is 1. The zero-order chi connectivity index (χ0) is 16.2. The predicted octanol–water partition coefficient (Wildman–Crippen LogP) is 4.12. The number of nitrogens with zero attached hydrogens (tertiary/aromatic N) is 1. The molecule has 0 radical (unpaired) electrons. The Morgan fingerprint density at radius 2 is 1.74 bits per heavy atom. The lowest BCUT2D eigenvalue weighted by molar-refractivity contribution is 0.0690. The van der Waals surface area contributed by atoms with Crippen molar-refractivity contribution in [3.63, 3.8) is 0 Å². The molecule has 0 amide bonds. The Morgan fingerprint density at radius 3 is 2.48 bits per heavy atom. The van der Waals surface area contributed by atoms with Gasteiger partial charge in [-0.15, -0.1) is 0 Å². The minimum Gasteiger partial charge on any atom is -0.490 e. The summed E-state index contributed by atoms with van der Waals surface area (Å²) in [5, 5.41) is 9.97. The normalized spacial score (nSPS) is 10.5. The first kappa shape index (κ1) is 14.8. The van der Waals surface area contributed by atoms with E-state index in [1.165, 1.54) is 6.07 Å². The van der Waals surface area contributed by atoms with Crippen LogP contribution in [0.5, 0.6) is 17.2 Å². The Hall–Kier alpha value is -3.08. The monoisotopic (exact) mass is 309 g/mol. The molecular weight excluding hydrogens is 294 g/mol. The molecule has 3 rings (SSSR count). The van der Waals surface area contributed by atoms with E-state index in [4.69, 9.17) is 9.47 Å². The third-order valence-corrected chi connectivity index (χ3v) is 3.27. The number of rotatable bonds is 5. The van der Waals surface area contributed by atoms with Gasteiger partial charge in [-0.1, -0.05) is 24.3 Å². The fraction of sp³-hybridized carbons (Fsp3) is 0.111. The van der Waals surface area contributed by atoms with Gasteiger partial charge in [-0.25, -0.2) is 9.78 Å². The summed E-state index contributed by atoms with van der Waals surface area (Å²) in [4.78, 5) is 15.4. The molecule has 0 atom stereocenters. The Morgan fingerprint density at radius 1 is 1.04 bits per heavy atom. The quantitative estimate of drug-likeness (QED) is 0.767. The number of ether oxygens (including phenoxy) is 2. The number of para-hydroxylation sites is 3. The van der Waals surface area contributed by atoms with E-state index in [2.05, 4.69) is 4.98 Å². The summed E-state index contributed by atoms with van der Waals surface area (Å²) in [5.41, 5.74) is 0.504. The Kier molecular flexibility index (Phi) is 4.10. The van der Waals surface area contributed by atoms with Gasteiger partial charge in [-0.05, 0) is 31.2 Å². The topological polar surface area (TPSA) is 68.7 Å². The lowest BCUT2D eigenvalue weighted by Crippen LogP contribution is -2.02. The van der Waals surface area contributed by atoms with Crippen molar-refractivity contribution >= 4 is 16.9 Å². The number of carboxylic acids is 1. The minimum atomic E-state index is -1.10. The van der Waals surface area contributed by atoms with Gasteiger partial charge in [-0.2, -0.15) is 0 Å². The van der Waals surface area contributed by atoms with Crippen molar-refractivity contribution in [2.24, 2.45) is 0 Å². The highest BCUT2D eigenvalue weighted by molar-refractivity contribution is 5.93. The molecule has 23 heavy (non-hydrogen) atoms. The van der Waals surface area contributed by atoms with Crippen molar-refractivity contribution in [1.82, 2.24) is 4.98 Å². The van der Waals surface area contributed by atoms with E-state index in [1.54, 1.807) is 24.3 Å². The molecule has 0 aliphatic carbocycles. The second-order valence-electron chi connectivity index (χ2n) is 4.81. The summed E-state index contributed by atoms with van der Waals surface area (Å²) < 4.78 is 11.5. The first-order valence-corrected chi connectivity index (χ1v) is 7.22. The lowest BCUT2D eigenvalue weighted by atomic mass is 10.2. The van der Waals surface area contributed by atoms with E-state index in [0.29, 0.717) is 29.4 Å². The molecule has 0 aliphatic rings. The molecule has 0 bridgehead atoms. The van der Waals surface area contributed by atoms with Gasteiger partial charge >= 0.3 is 5.97 Å². The maximum atomic E-state index is 11.3. The Labute approximate surface area is 133 Å². The van der Waals surface area contributed by atoms with Crippen molar-refractivity contribution in [3.05, 3.63) is 60.3 Å². The van der Waals surface area contributed by atoms with E-state index in [9.17, 15) is 9.90 Å². The second kappa shape index (κ2) is 6.36. The molecule has 0 unspecified atom stereocenters. The number of benzene rings is 2. The SMILES string of the molecule is CCOc1ccccc1Oc1cc(C(=O)O)nc2ccccc12. The first-order valence-electron chi connectivity index (χ1n) is 7.22. The average molecular weight is 309 g/mol. The highest BCUT2D eigenvalue weighted by Gasteiger charge is 2.14. The Bertz CT molecular complexity index is 861. The summed E-state index contributed by atoms with van der Waals surface area (Å²) in [6.07, 6.45) is 0. The Balaban J connectivity index is 2.11. The van der Waals surface area contributed by atoms with Crippen LogP contribution in [0.25, 0.3) is 10.9 Å². The molecule has 3 aromatic rings. The van der Waals surface area contributed by atoms with Crippen LogP contribution in [0.1, 0.15) is 17.4 Å². The van der Waals surface area contributed by atoms with Gasteiger partial charge in [0.15, 0.2) is 17.2 Å². The first-order chi connectivity index (χ1) is 11.2. The maximum Gasteiger partial charge on any atom is 0.354 e. The number of fused-ring (bicyclic) bond motifs is 1. The van der Waals surface area contributed by atoms with E-state index in [1.807, 2.05) is 31.2 Å². The van der Waals surface area contributed by atoms with Crippen LogP contribution in [0, 0.1) is 0 Å². The van der Waals surface area contributed by atoms with E-state index in [-0.39, 0.29) is 5.69 Å². The molecule has 1 heterocycles. The number of aromatic carboxylic acids is 1. The van der Waals surface area contributed by atoms with E-state index in [0.717, 1.165) is 5.39 Å². The van der Waals surface area contributed by atoms with Crippen LogP contribution in [-0.4, -0.2) is 22.7 Å². The fourth-order valence-electron chi connectivity index (χ4n) is 2.27. The van der Waals surface area contributed by atoms with Crippen molar-refractivity contribution in [2.45, 2.75) is 6.92 Å². The number of carboxylic acid groups (broad SMARTS) is 1. The van der Waals surface area contributed by atoms with Crippen molar-refractivity contribution in [3.8, 4) is 17.2 Å². The van der Waals surface area contributed by atoms with Gasteiger partial charge < -0.3 is 14.6 Å². The van der Waals surface area contributed by atoms with E-state index >= 15 is 0 Å². The lowest BCUT2D eigenvalue weighted by Gasteiger charge is -2.13. The third-order valence-electron chi connectivity index (χ3n) is 3.27. The van der Waals surface area contributed by atoms with Crippen molar-refractivity contribution < 1.29 is 19.4 Å². The zero-order valence-electron chi connectivity index (χ0n) is 12.5. The molecule has 1 aromatic heterocycles. The summed E-state index contributed by atoms with van der Waals surface area (Å²) >= 11 is 0. The van der Waals surface area contributed by atoms with Gasteiger partial charge in [0.05, 0.1) is 12.1 Å². The molecule has 116 valence electrons.